The van der Waals surface area contributed by atoms with E-state index in [9.17, 15) is 13.2 Å². The molecule has 0 radical (unpaired) electrons. The highest BCUT2D eigenvalue weighted by Crippen LogP contribution is 2.21. The van der Waals surface area contributed by atoms with Crippen molar-refractivity contribution in [3.63, 3.8) is 0 Å². The highest BCUT2D eigenvalue weighted by molar-refractivity contribution is 7.88. The third-order valence-electron chi connectivity index (χ3n) is 5.20. The van der Waals surface area contributed by atoms with E-state index >= 15 is 0 Å². The number of likely N-dealkylation sites (tertiary alicyclic amines) is 1. The molecule has 3 rings (SSSR count). The monoisotopic (exact) mass is 465 g/mol. The molecule has 0 atom stereocenters. The number of nitrogens with zero attached hydrogens (tertiary/aromatic N) is 2. The van der Waals surface area contributed by atoms with E-state index in [2.05, 4.69) is 17.3 Å². The first-order valence-electron chi connectivity index (χ1n) is 10.1. The van der Waals surface area contributed by atoms with Crippen molar-refractivity contribution in [1.82, 2.24) is 9.21 Å². The predicted molar refractivity (Wildman–Crippen MR) is 123 cm³/mol. The van der Waals surface area contributed by atoms with E-state index < -0.39 is 15.9 Å². The van der Waals surface area contributed by atoms with Crippen LogP contribution >= 0.6 is 11.6 Å². The van der Waals surface area contributed by atoms with Gasteiger partial charge in [-0.25, -0.2) is 8.42 Å². The molecule has 1 amide bonds. The normalized spacial score (nSPS) is 15.7. The predicted octanol–water partition coefficient (Wildman–Crippen LogP) is 3.21. The number of anilines is 1. The molecule has 2 aromatic carbocycles. The Kier molecular flexibility index (Phi) is 7.94. The number of rotatable bonds is 8. The highest BCUT2D eigenvalue weighted by atomic mass is 35.5. The molecule has 168 valence electrons. The Balaban J connectivity index is 1.57. The number of hydrogen-bond donors (Lipinski definition) is 1. The molecular weight excluding hydrogens is 438 g/mol. The summed E-state index contributed by atoms with van der Waals surface area (Å²) in [6.45, 7) is 1.75. The van der Waals surface area contributed by atoms with Crippen LogP contribution in [0.4, 0.5) is 5.69 Å². The lowest BCUT2D eigenvalue weighted by molar-refractivity contribution is -0.116. The summed E-state index contributed by atoms with van der Waals surface area (Å²) < 4.78 is 31.5. The summed E-state index contributed by atoms with van der Waals surface area (Å²) in [4.78, 5) is 14.8. The smallest absolute Gasteiger partial charge is 0.239 e. The summed E-state index contributed by atoms with van der Waals surface area (Å²) in [5.74, 6) is 0.325. The van der Waals surface area contributed by atoms with Gasteiger partial charge in [0.25, 0.3) is 0 Å². The van der Waals surface area contributed by atoms with Crippen molar-refractivity contribution in [2.24, 2.45) is 0 Å². The molecule has 0 saturated carbocycles. The molecule has 0 bridgehead atoms. The summed E-state index contributed by atoms with van der Waals surface area (Å²) in [6.07, 6.45) is 3.25. The summed E-state index contributed by atoms with van der Waals surface area (Å²) in [7, 11) is -1.50. The zero-order chi connectivity index (χ0) is 22.4. The number of amides is 1. The van der Waals surface area contributed by atoms with Crippen molar-refractivity contribution in [3.05, 3.63) is 59.1 Å². The Morgan fingerprint density at radius 2 is 1.81 bits per heavy atom. The zero-order valence-corrected chi connectivity index (χ0v) is 19.3. The van der Waals surface area contributed by atoms with E-state index in [1.165, 1.54) is 0 Å². The second kappa shape index (κ2) is 10.5. The minimum absolute atomic E-state index is 0.0231. The minimum Gasteiger partial charge on any atom is -0.490 e. The van der Waals surface area contributed by atoms with Crippen LogP contribution in [0.2, 0.25) is 5.02 Å². The van der Waals surface area contributed by atoms with E-state index in [0.717, 1.165) is 42.2 Å². The van der Waals surface area contributed by atoms with Crippen molar-refractivity contribution in [2.45, 2.75) is 25.5 Å². The number of carbonyl (C=O) groups excluding carboxylic acids is 1. The van der Waals surface area contributed by atoms with Gasteiger partial charge in [-0.15, -0.1) is 0 Å². The lowest BCUT2D eigenvalue weighted by Crippen LogP contribution is -2.37. The number of halogens is 1. The van der Waals surface area contributed by atoms with Crippen LogP contribution in [-0.2, 0) is 21.4 Å². The number of piperidine rings is 1. The second-order valence-electron chi connectivity index (χ2n) is 7.82. The molecule has 1 fully saturated rings. The van der Waals surface area contributed by atoms with Gasteiger partial charge >= 0.3 is 0 Å². The Labute approximate surface area is 189 Å². The Morgan fingerprint density at radius 1 is 1.16 bits per heavy atom. The lowest BCUT2D eigenvalue weighted by atomic mass is 10.1. The van der Waals surface area contributed by atoms with Gasteiger partial charge in [-0.05, 0) is 55.8 Å². The number of nitrogens with one attached hydrogen (secondary N) is 1. The van der Waals surface area contributed by atoms with E-state index in [4.69, 9.17) is 16.3 Å². The quantitative estimate of drug-likeness (QED) is 0.647. The third-order valence-corrected chi connectivity index (χ3v) is 6.76. The van der Waals surface area contributed by atoms with E-state index in [1.54, 1.807) is 36.4 Å². The van der Waals surface area contributed by atoms with Crippen LogP contribution < -0.4 is 10.1 Å². The standard InChI is InChI=1S/C22H28ClN3O4S/c1-25-13-11-20(12-14-25)30-19-9-7-18(8-10-19)24-22(27)16-26(31(2,28)29)15-17-5-3-4-6-21(17)23/h3-10,20H,11-16H2,1-2H3,(H,24,27). The zero-order valence-electron chi connectivity index (χ0n) is 17.8. The Morgan fingerprint density at radius 3 is 2.42 bits per heavy atom. The first-order valence-corrected chi connectivity index (χ1v) is 12.4. The SMILES string of the molecule is CN1CCC(Oc2ccc(NC(=O)CN(Cc3ccccc3Cl)S(C)(=O)=O)cc2)CC1. The van der Waals surface area contributed by atoms with Gasteiger partial charge in [-0.3, -0.25) is 4.79 Å². The highest BCUT2D eigenvalue weighted by Gasteiger charge is 2.22. The summed E-state index contributed by atoms with van der Waals surface area (Å²) in [6, 6.07) is 14.1. The van der Waals surface area contributed by atoms with Gasteiger partial charge < -0.3 is 15.0 Å². The van der Waals surface area contributed by atoms with Gasteiger partial charge in [0.05, 0.1) is 12.8 Å². The molecule has 0 aromatic heterocycles. The molecule has 1 saturated heterocycles. The molecule has 1 aliphatic rings. The first-order chi connectivity index (χ1) is 14.7. The van der Waals surface area contributed by atoms with Gasteiger partial charge in [0.15, 0.2) is 0 Å². The van der Waals surface area contributed by atoms with Crippen molar-refractivity contribution in [2.75, 3.05) is 38.3 Å². The average molecular weight is 466 g/mol. The van der Waals surface area contributed by atoms with Gasteiger partial charge in [-0.2, -0.15) is 4.31 Å². The van der Waals surface area contributed by atoms with Crippen LogP contribution in [0.5, 0.6) is 5.75 Å². The van der Waals surface area contributed by atoms with Crippen LogP contribution in [0.3, 0.4) is 0 Å². The molecule has 1 N–H and O–H groups in total. The van der Waals surface area contributed by atoms with Gasteiger partial charge in [-0.1, -0.05) is 29.8 Å². The maximum absolute atomic E-state index is 12.5. The Hall–Kier alpha value is -2.13. The molecular formula is C22H28ClN3O4S. The van der Waals surface area contributed by atoms with Crippen LogP contribution in [0.25, 0.3) is 0 Å². The number of benzene rings is 2. The lowest BCUT2D eigenvalue weighted by Gasteiger charge is -2.29. The molecule has 1 aliphatic heterocycles. The molecule has 31 heavy (non-hydrogen) atoms. The molecule has 0 aliphatic carbocycles. The van der Waals surface area contributed by atoms with Crippen LogP contribution in [-0.4, -0.2) is 62.6 Å². The van der Waals surface area contributed by atoms with Crippen LogP contribution in [0.1, 0.15) is 18.4 Å². The van der Waals surface area contributed by atoms with Crippen molar-refractivity contribution in [1.29, 1.82) is 0 Å². The third kappa shape index (κ3) is 7.21. The summed E-state index contributed by atoms with van der Waals surface area (Å²) in [5.41, 5.74) is 1.21. The van der Waals surface area contributed by atoms with Crippen molar-refractivity contribution in [3.8, 4) is 5.75 Å². The molecule has 9 heteroatoms. The summed E-state index contributed by atoms with van der Waals surface area (Å²) in [5, 5.41) is 3.20. The largest absolute Gasteiger partial charge is 0.490 e. The maximum atomic E-state index is 12.5. The van der Waals surface area contributed by atoms with Crippen molar-refractivity contribution >= 4 is 33.2 Å². The fourth-order valence-electron chi connectivity index (χ4n) is 3.38. The van der Waals surface area contributed by atoms with Crippen molar-refractivity contribution < 1.29 is 17.9 Å². The fourth-order valence-corrected chi connectivity index (χ4v) is 4.30. The number of carbonyl (C=O) groups is 1. The number of hydrogen-bond acceptors (Lipinski definition) is 5. The van der Waals surface area contributed by atoms with Gasteiger partial charge in [0.1, 0.15) is 11.9 Å². The molecule has 0 spiro atoms. The van der Waals surface area contributed by atoms with Gasteiger partial charge in [0, 0.05) is 30.3 Å². The summed E-state index contributed by atoms with van der Waals surface area (Å²) >= 11 is 6.14. The minimum atomic E-state index is -3.60. The molecule has 1 heterocycles. The average Bonchev–Trinajstić information content (AvgIpc) is 2.71. The van der Waals surface area contributed by atoms with Crippen LogP contribution in [0.15, 0.2) is 48.5 Å². The maximum Gasteiger partial charge on any atom is 0.239 e. The van der Waals surface area contributed by atoms with E-state index in [-0.39, 0.29) is 19.2 Å². The molecule has 0 unspecified atom stereocenters. The molecule has 7 nitrogen and oxygen atoms in total. The number of sulfonamides is 1. The first kappa shape index (κ1) is 23.5. The second-order valence-corrected chi connectivity index (χ2v) is 10.2. The fraction of sp³-hybridized carbons (Fsp3) is 0.409. The van der Waals surface area contributed by atoms with Crippen LogP contribution in [0, 0.1) is 0 Å². The van der Waals surface area contributed by atoms with Gasteiger partial charge in [0.2, 0.25) is 15.9 Å². The Bertz CT molecular complexity index is 990. The van der Waals surface area contributed by atoms with E-state index in [0.29, 0.717) is 16.3 Å². The number of ether oxygens (including phenoxy) is 1. The van der Waals surface area contributed by atoms with E-state index in [1.807, 2.05) is 12.1 Å². The molecule has 2 aromatic rings. The topological polar surface area (TPSA) is 79.0 Å².